The number of hydrogen-bond acceptors (Lipinski definition) is 7. The number of aryl methyl sites for hydroxylation is 2. The Morgan fingerprint density at radius 1 is 1.29 bits per heavy atom. The van der Waals surface area contributed by atoms with Crippen LogP contribution >= 0.6 is 11.3 Å². The number of carbonyl (C=O) groups is 1. The number of thiophene rings is 1. The zero-order valence-corrected chi connectivity index (χ0v) is 17.2. The lowest BCUT2D eigenvalue weighted by atomic mass is 10.0. The molecule has 0 amide bonds. The largest absolute Gasteiger partial charge is 0.492 e. The van der Waals surface area contributed by atoms with E-state index in [4.69, 9.17) is 9.26 Å². The van der Waals surface area contributed by atoms with Crippen LogP contribution in [-0.2, 0) is 16.4 Å². The molecule has 0 unspecified atom stereocenters. The highest BCUT2D eigenvalue weighted by Gasteiger charge is 2.29. The van der Waals surface area contributed by atoms with Crippen molar-refractivity contribution >= 4 is 32.8 Å². The second-order valence-corrected chi connectivity index (χ2v) is 9.15. The van der Waals surface area contributed by atoms with E-state index in [1.807, 2.05) is 13.0 Å². The van der Waals surface area contributed by atoms with Gasteiger partial charge < -0.3 is 9.26 Å². The number of aromatic nitrogens is 1. The minimum Gasteiger partial charge on any atom is -0.492 e. The van der Waals surface area contributed by atoms with Gasteiger partial charge in [-0.3, -0.25) is 9.52 Å². The molecule has 0 radical (unpaired) electrons. The summed E-state index contributed by atoms with van der Waals surface area (Å²) in [5.74, 6) is 0.769. The highest BCUT2D eigenvalue weighted by atomic mass is 32.2. The third-order valence-electron chi connectivity index (χ3n) is 4.59. The molecule has 146 valence electrons. The average molecular weight is 418 g/mol. The van der Waals surface area contributed by atoms with Gasteiger partial charge in [0.25, 0.3) is 10.0 Å². The van der Waals surface area contributed by atoms with E-state index in [0.717, 1.165) is 11.1 Å². The van der Waals surface area contributed by atoms with Gasteiger partial charge in [0.2, 0.25) is 0 Å². The van der Waals surface area contributed by atoms with E-state index >= 15 is 0 Å². The summed E-state index contributed by atoms with van der Waals surface area (Å²) in [5, 5.41) is 5.64. The first-order valence-electron chi connectivity index (χ1n) is 8.62. The van der Waals surface area contributed by atoms with Crippen LogP contribution in [0.1, 0.15) is 33.6 Å². The molecule has 1 aliphatic rings. The molecule has 0 bridgehead atoms. The van der Waals surface area contributed by atoms with Crippen molar-refractivity contribution in [1.82, 2.24) is 5.16 Å². The lowest BCUT2D eigenvalue weighted by Crippen LogP contribution is -2.15. The fourth-order valence-corrected chi connectivity index (χ4v) is 5.48. The van der Waals surface area contributed by atoms with Crippen molar-refractivity contribution in [3.63, 3.8) is 0 Å². The van der Waals surface area contributed by atoms with Crippen LogP contribution in [0.3, 0.4) is 0 Å². The Bertz CT molecular complexity index is 1170. The molecule has 0 fully saturated rings. The molecule has 0 saturated heterocycles. The third kappa shape index (κ3) is 3.10. The molecule has 1 N–H and O–H groups in total. The number of anilines is 1. The second-order valence-electron chi connectivity index (χ2n) is 6.59. The van der Waals surface area contributed by atoms with Gasteiger partial charge in [0.05, 0.1) is 22.9 Å². The highest BCUT2D eigenvalue weighted by Crippen LogP contribution is 2.40. The maximum absolute atomic E-state index is 13.2. The summed E-state index contributed by atoms with van der Waals surface area (Å²) in [6, 6.07) is 5.07. The van der Waals surface area contributed by atoms with Crippen molar-refractivity contribution in [3.8, 4) is 16.9 Å². The Labute approximate surface area is 166 Å². The normalized spacial score (nSPS) is 13.2. The number of nitrogens with one attached hydrogen (secondary N) is 1. The van der Waals surface area contributed by atoms with E-state index in [1.165, 1.54) is 18.3 Å². The summed E-state index contributed by atoms with van der Waals surface area (Å²) in [6.07, 6.45) is 0.617. The standard InChI is InChI=1S/C19H18N2O5S2/c1-10-17(12(3)26-20-10)14-8-13-4-6-25-18(13)16(9-14)28(23,24)21-15-5-7-27-19(15)11(2)22/h5,7-9,21H,4,6H2,1-3H3. The van der Waals surface area contributed by atoms with Crippen LogP contribution in [0.25, 0.3) is 11.1 Å². The molecule has 0 aliphatic carbocycles. The monoisotopic (exact) mass is 418 g/mol. The Morgan fingerprint density at radius 3 is 2.75 bits per heavy atom. The molecule has 28 heavy (non-hydrogen) atoms. The number of rotatable bonds is 5. The van der Waals surface area contributed by atoms with E-state index in [-0.39, 0.29) is 16.4 Å². The number of carbonyl (C=O) groups excluding carboxylic acids is 1. The summed E-state index contributed by atoms with van der Waals surface area (Å²) in [5.41, 5.74) is 3.25. The maximum atomic E-state index is 13.2. The van der Waals surface area contributed by atoms with Crippen molar-refractivity contribution in [2.45, 2.75) is 32.1 Å². The van der Waals surface area contributed by atoms with Gasteiger partial charge in [-0.25, -0.2) is 8.42 Å². The van der Waals surface area contributed by atoms with Gasteiger partial charge in [0, 0.05) is 18.9 Å². The lowest BCUT2D eigenvalue weighted by Gasteiger charge is -2.13. The Kier molecular flexibility index (Phi) is 4.51. The fraction of sp³-hybridized carbons (Fsp3) is 0.263. The van der Waals surface area contributed by atoms with Gasteiger partial charge in [0.15, 0.2) is 5.78 Å². The van der Waals surface area contributed by atoms with Crippen molar-refractivity contribution in [1.29, 1.82) is 0 Å². The van der Waals surface area contributed by atoms with E-state index in [0.29, 0.717) is 40.7 Å². The summed E-state index contributed by atoms with van der Waals surface area (Å²) in [4.78, 5) is 12.2. The van der Waals surface area contributed by atoms with Gasteiger partial charge in [-0.1, -0.05) is 5.16 Å². The number of sulfonamides is 1. The Morgan fingerprint density at radius 2 is 2.07 bits per heavy atom. The molecule has 1 aromatic carbocycles. The minimum atomic E-state index is -3.98. The van der Waals surface area contributed by atoms with Crippen LogP contribution in [0.5, 0.6) is 5.75 Å². The van der Waals surface area contributed by atoms with Crippen molar-refractivity contribution in [2.24, 2.45) is 0 Å². The smallest absolute Gasteiger partial charge is 0.265 e. The maximum Gasteiger partial charge on any atom is 0.265 e. The molecule has 4 rings (SSSR count). The molecule has 9 heteroatoms. The number of fused-ring (bicyclic) bond motifs is 1. The summed E-state index contributed by atoms with van der Waals surface area (Å²) in [7, 11) is -3.98. The highest BCUT2D eigenvalue weighted by molar-refractivity contribution is 7.92. The lowest BCUT2D eigenvalue weighted by molar-refractivity contribution is 0.102. The zero-order valence-electron chi connectivity index (χ0n) is 15.5. The minimum absolute atomic E-state index is 0.0400. The van der Waals surface area contributed by atoms with Crippen molar-refractivity contribution in [3.05, 3.63) is 45.5 Å². The Balaban J connectivity index is 1.85. The van der Waals surface area contributed by atoms with Crippen LogP contribution in [0.15, 0.2) is 33.0 Å². The SMILES string of the molecule is CC(=O)c1sccc1NS(=O)(=O)c1cc(-c2c(C)noc2C)cc2c1OCC2. The van der Waals surface area contributed by atoms with Crippen LogP contribution in [0, 0.1) is 13.8 Å². The fourth-order valence-electron chi connectivity index (χ4n) is 3.37. The number of ketones is 1. The quantitative estimate of drug-likeness (QED) is 0.630. The molecular weight excluding hydrogens is 400 g/mol. The predicted molar refractivity (Wildman–Crippen MR) is 106 cm³/mol. The van der Waals surface area contributed by atoms with Crippen LogP contribution in [-0.4, -0.2) is 26.0 Å². The van der Waals surface area contributed by atoms with Gasteiger partial charge >= 0.3 is 0 Å². The third-order valence-corrected chi connectivity index (χ3v) is 6.98. The molecule has 1 aliphatic heterocycles. The van der Waals surface area contributed by atoms with E-state index in [1.54, 1.807) is 24.4 Å². The van der Waals surface area contributed by atoms with Crippen molar-refractivity contribution < 1.29 is 22.5 Å². The molecule has 2 aromatic heterocycles. The summed E-state index contributed by atoms with van der Waals surface area (Å²) >= 11 is 1.20. The van der Waals surface area contributed by atoms with E-state index in [9.17, 15) is 13.2 Å². The van der Waals surface area contributed by atoms with Crippen LogP contribution in [0.4, 0.5) is 5.69 Å². The second kappa shape index (κ2) is 6.75. The van der Waals surface area contributed by atoms with Gasteiger partial charge in [0.1, 0.15) is 16.4 Å². The molecular formula is C19H18N2O5S2. The molecule has 7 nitrogen and oxygen atoms in total. The molecule has 0 saturated carbocycles. The van der Waals surface area contributed by atoms with E-state index < -0.39 is 10.0 Å². The van der Waals surface area contributed by atoms with Gasteiger partial charge in [-0.15, -0.1) is 11.3 Å². The number of ether oxygens (including phenoxy) is 1. The first-order chi connectivity index (χ1) is 13.3. The van der Waals surface area contributed by atoms with Crippen LogP contribution in [0.2, 0.25) is 0 Å². The molecule has 3 aromatic rings. The molecule has 0 spiro atoms. The van der Waals surface area contributed by atoms with Crippen LogP contribution < -0.4 is 9.46 Å². The molecule has 0 atom stereocenters. The average Bonchev–Trinajstić information content (AvgIpc) is 3.34. The van der Waals surface area contributed by atoms with Crippen molar-refractivity contribution in [2.75, 3.05) is 11.3 Å². The number of Topliss-reactive ketones (excluding diaryl/α,β-unsaturated/α-hetero) is 1. The van der Waals surface area contributed by atoms with Gasteiger partial charge in [-0.2, -0.15) is 0 Å². The summed E-state index contributed by atoms with van der Waals surface area (Å²) < 4.78 is 39.8. The first-order valence-corrected chi connectivity index (χ1v) is 11.0. The topological polar surface area (TPSA) is 98.5 Å². The summed E-state index contributed by atoms with van der Waals surface area (Å²) in [6.45, 7) is 5.42. The first kappa shape index (κ1) is 18.7. The van der Waals surface area contributed by atoms with Gasteiger partial charge in [-0.05, 0) is 48.6 Å². The number of hydrogen-bond donors (Lipinski definition) is 1. The molecule has 3 heterocycles. The number of nitrogens with zero attached hydrogens (tertiary/aromatic N) is 1. The Hall–Kier alpha value is -2.65. The van der Waals surface area contributed by atoms with E-state index in [2.05, 4.69) is 9.88 Å². The zero-order chi connectivity index (χ0) is 20.1. The predicted octanol–water partition coefficient (Wildman–Crippen LogP) is 3.96. The number of benzene rings is 1.